The lowest BCUT2D eigenvalue weighted by molar-refractivity contribution is 0.0682. The number of aryl methyl sites for hydroxylation is 1. The van der Waals surface area contributed by atoms with Crippen molar-refractivity contribution in [1.82, 2.24) is 29.9 Å². The number of nitrogens with zero attached hydrogens (tertiary/aromatic N) is 4. The number of alkyl carbamates (subject to hydrolysis) is 1. The summed E-state index contributed by atoms with van der Waals surface area (Å²) in [7, 11) is 0. The van der Waals surface area contributed by atoms with Gasteiger partial charge in [-0.05, 0) is 26.8 Å². The van der Waals surface area contributed by atoms with E-state index >= 15 is 0 Å². The zero-order valence-electron chi connectivity index (χ0n) is 16.0. The molecule has 28 heavy (non-hydrogen) atoms. The molecule has 0 aromatic carbocycles. The number of carbonyl (C=O) groups is 1. The van der Waals surface area contributed by atoms with Gasteiger partial charge in [0.2, 0.25) is 5.95 Å². The molecule has 3 aromatic rings. The van der Waals surface area contributed by atoms with Crippen molar-refractivity contribution in [2.24, 2.45) is 0 Å². The number of anilines is 2. The Morgan fingerprint density at radius 3 is 3.14 bits per heavy atom. The van der Waals surface area contributed by atoms with Crippen LogP contribution in [0.15, 0.2) is 24.5 Å². The van der Waals surface area contributed by atoms with Crippen molar-refractivity contribution in [1.29, 1.82) is 0 Å². The molecule has 0 radical (unpaired) electrons. The van der Waals surface area contributed by atoms with E-state index < -0.39 is 6.09 Å². The van der Waals surface area contributed by atoms with Crippen molar-refractivity contribution in [3.63, 3.8) is 0 Å². The van der Waals surface area contributed by atoms with Gasteiger partial charge in [-0.15, -0.1) is 0 Å². The molecule has 3 N–H and O–H groups in total. The van der Waals surface area contributed by atoms with E-state index in [1.54, 1.807) is 6.20 Å². The van der Waals surface area contributed by atoms with E-state index in [1.807, 2.05) is 43.5 Å². The number of amides is 1. The highest BCUT2D eigenvalue weighted by Gasteiger charge is 2.31. The summed E-state index contributed by atoms with van der Waals surface area (Å²) in [6.07, 6.45) is 3.25. The maximum absolute atomic E-state index is 11.7. The number of hydrogen-bond donors (Lipinski definition) is 3. The number of hydrogen-bond acceptors (Lipinski definition) is 7. The number of imidazole rings is 1. The summed E-state index contributed by atoms with van der Waals surface area (Å²) in [5, 5.41) is 13.2. The first kappa shape index (κ1) is 18.2. The fourth-order valence-electron chi connectivity index (χ4n) is 3.13. The van der Waals surface area contributed by atoms with Gasteiger partial charge in [0.1, 0.15) is 17.9 Å². The highest BCUT2D eigenvalue weighted by Crippen LogP contribution is 2.30. The van der Waals surface area contributed by atoms with Crippen molar-refractivity contribution in [3.8, 4) is 0 Å². The zero-order valence-corrected chi connectivity index (χ0v) is 16.0. The van der Waals surface area contributed by atoms with Gasteiger partial charge in [0.15, 0.2) is 5.82 Å². The number of fused-ring (bicyclic) bond motifs is 1. The maximum Gasteiger partial charge on any atom is 0.407 e. The zero-order chi connectivity index (χ0) is 19.7. The predicted octanol–water partition coefficient (Wildman–Crippen LogP) is 2.47. The van der Waals surface area contributed by atoms with E-state index in [1.165, 1.54) is 0 Å². The normalized spacial score (nSPS) is 19.3. The molecule has 0 spiro atoms. The average Bonchev–Trinajstić information content (AvgIpc) is 3.33. The first-order valence-corrected chi connectivity index (χ1v) is 9.19. The molecule has 10 heteroatoms. The lowest BCUT2D eigenvalue weighted by Gasteiger charge is -2.13. The van der Waals surface area contributed by atoms with Crippen molar-refractivity contribution in [2.45, 2.75) is 45.4 Å². The Morgan fingerprint density at radius 2 is 2.32 bits per heavy atom. The van der Waals surface area contributed by atoms with Gasteiger partial charge in [-0.25, -0.2) is 14.8 Å². The summed E-state index contributed by atoms with van der Waals surface area (Å²) in [6.45, 7) is 6.05. The molecular weight excluding hydrogens is 362 g/mol. The minimum atomic E-state index is -0.425. The first-order chi connectivity index (χ1) is 13.5. The number of aromatic nitrogens is 5. The number of ether oxygens (including phenoxy) is 2. The van der Waals surface area contributed by atoms with Gasteiger partial charge in [0.25, 0.3) is 0 Å². The van der Waals surface area contributed by atoms with Crippen molar-refractivity contribution in [3.05, 3.63) is 35.9 Å². The molecule has 148 valence electrons. The smallest absolute Gasteiger partial charge is 0.407 e. The quantitative estimate of drug-likeness (QED) is 0.617. The Bertz CT molecular complexity index is 981. The molecule has 10 nitrogen and oxygen atoms in total. The van der Waals surface area contributed by atoms with E-state index in [0.717, 1.165) is 17.0 Å². The lowest BCUT2D eigenvalue weighted by atomic mass is 10.1. The number of carbonyl (C=O) groups excluding carboxylic acids is 1. The molecule has 2 atom stereocenters. The highest BCUT2D eigenvalue weighted by molar-refractivity contribution is 5.67. The van der Waals surface area contributed by atoms with Crippen molar-refractivity contribution < 1.29 is 14.3 Å². The summed E-state index contributed by atoms with van der Waals surface area (Å²) in [6, 6.07) is 3.74. The van der Waals surface area contributed by atoms with Gasteiger partial charge in [-0.1, -0.05) is 0 Å². The van der Waals surface area contributed by atoms with E-state index in [0.29, 0.717) is 24.8 Å². The fourth-order valence-corrected chi connectivity index (χ4v) is 3.13. The average molecular weight is 385 g/mol. The summed E-state index contributed by atoms with van der Waals surface area (Å²) < 4.78 is 13.0. The van der Waals surface area contributed by atoms with Crippen LogP contribution in [-0.2, 0) is 9.47 Å². The Morgan fingerprint density at radius 1 is 1.46 bits per heavy atom. The molecule has 3 aromatic heterocycles. The minimum Gasteiger partial charge on any atom is -0.444 e. The third kappa shape index (κ3) is 3.91. The van der Waals surface area contributed by atoms with Crippen LogP contribution in [0.3, 0.4) is 0 Å². The molecule has 1 fully saturated rings. The predicted molar refractivity (Wildman–Crippen MR) is 101 cm³/mol. The summed E-state index contributed by atoms with van der Waals surface area (Å²) in [5.74, 6) is 1.24. The Balaban J connectivity index is 1.40. The van der Waals surface area contributed by atoms with Crippen LogP contribution >= 0.6 is 0 Å². The number of nitrogens with one attached hydrogen (secondary N) is 3. The second-order valence-corrected chi connectivity index (χ2v) is 7.10. The van der Waals surface area contributed by atoms with Gasteiger partial charge in [-0.2, -0.15) is 5.10 Å². The molecule has 0 bridgehead atoms. The van der Waals surface area contributed by atoms with Gasteiger partial charge in [-0.3, -0.25) is 9.50 Å². The van der Waals surface area contributed by atoms with Gasteiger partial charge < -0.3 is 20.1 Å². The third-order valence-corrected chi connectivity index (χ3v) is 4.33. The Hall–Kier alpha value is -3.14. The number of aromatic amines is 1. The molecule has 0 saturated carbocycles. The van der Waals surface area contributed by atoms with Crippen LogP contribution in [0.4, 0.5) is 16.6 Å². The molecule has 1 aliphatic heterocycles. The molecule has 2 unspecified atom stereocenters. The minimum absolute atomic E-state index is 0.0317. The molecular formula is C18H23N7O3. The third-order valence-electron chi connectivity index (χ3n) is 4.33. The Labute approximate surface area is 161 Å². The molecule has 0 aliphatic carbocycles. The van der Waals surface area contributed by atoms with Crippen LogP contribution in [0.1, 0.15) is 37.8 Å². The standard InChI is InChI=1S/C18H23N7O3/c1-10(2)20-18(26)28-12-6-14(27-9-12)13-7-15(24-23-13)22-17-19-5-4-16-21-11(3)8-25(16)17/h4-5,7-8,10,12,14H,6,9H2,1-3H3,(H,20,26)(H2,19,22,23,24). The van der Waals surface area contributed by atoms with Crippen LogP contribution in [-0.4, -0.2) is 49.4 Å². The Kier molecular flexibility index (Phi) is 4.86. The largest absolute Gasteiger partial charge is 0.444 e. The van der Waals surface area contributed by atoms with Crippen molar-refractivity contribution >= 4 is 23.5 Å². The lowest BCUT2D eigenvalue weighted by Crippen LogP contribution is -2.33. The first-order valence-electron chi connectivity index (χ1n) is 9.19. The highest BCUT2D eigenvalue weighted by atomic mass is 16.6. The molecule has 1 aliphatic rings. The number of rotatable bonds is 5. The van der Waals surface area contributed by atoms with Gasteiger partial charge in [0, 0.05) is 30.9 Å². The topological polar surface area (TPSA) is 118 Å². The van der Waals surface area contributed by atoms with Crippen LogP contribution in [0.2, 0.25) is 0 Å². The van der Waals surface area contributed by atoms with Crippen LogP contribution < -0.4 is 10.6 Å². The molecule has 4 heterocycles. The van der Waals surface area contributed by atoms with Crippen molar-refractivity contribution in [2.75, 3.05) is 11.9 Å². The van der Waals surface area contributed by atoms with Crippen LogP contribution in [0.5, 0.6) is 0 Å². The van der Waals surface area contributed by atoms with E-state index in [9.17, 15) is 4.79 Å². The van der Waals surface area contributed by atoms with Crippen LogP contribution in [0, 0.1) is 6.92 Å². The van der Waals surface area contributed by atoms with Crippen LogP contribution in [0.25, 0.3) is 5.65 Å². The SMILES string of the molecule is Cc1cn2c(Nc3cc(C4CC(OC(=O)NC(C)C)CO4)[nH]n3)nccc2n1. The van der Waals surface area contributed by atoms with Gasteiger partial charge in [0.05, 0.1) is 18.0 Å². The summed E-state index contributed by atoms with van der Waals surface area (Å²) in [4.78, 5) is 20.5. The van der Waals surface area contributed by atoms with E-state index in [4.69, 9.17) is 9.47 Å². The molecule has 1 saturated heterocycles. The molecule has 4 rings (SSSR count). The van der Waals surface area contributed by atoms with Gasteiger partial charge >= 0.3 is 6.09 Å². The second-order valence-electron chi connectivity index (χ2n) is 7.10. The second kappa shape index (κ2) is 7.47. The summed E-state index contributed by atoms with van der Waals surface area (Å²) in [5.41, 5.74) is 2.53. The number of H-pyrrole nitrogens is 1. The van der Waals surface area contributed by atoms with E-state index in [-0.39, 0.29) is 18.2 Å². The fraction of sp³-hybridized carbons (Fsp3) is 0.444. The summed E-state index contributed by atoms with van der Waals surface area (Å²) >= 11 is 0. The van der Waals surface area contributed by atoms with E-state index in [2.05, 4.69) is 30.8 Å². The molecule has 1 amide bonds. The monoisotopic (exact) mass is 385 g/mol. The maximum atomic E-state index is 11.7.